The van der Waals surface area contributed by atoms with Gasteiger partial charge in [-0.1, -0.05) is 32.0 Å². The maximum absolute atomic E-state index is 12.4. The molecule has 1 aromatic carbocycles. The topological polar surface area (TPSA) is 86.3 Å². The highest BCUT2D eigenvalue weighted by molar-refractivity contribution is 6.06. The lowest BCUT2D eigenvalue weighted by Crippen LogP contribution is -2.38. The molecule has 4 rings (SSSR count). The largest absolute Gasteiger partial charge is 0.444 e. The molecule has 28 heavy (non-hydrogen) atoms. The molecule has 0 fully saturated rings. The Morgan fingerprint density at radius 2 is 1.82 bits per heavy atom. The molecule has 1 aliphatic rings. The Kier molecular flexibility index (Phi) is 5.45. The first kappa shape index (κ1) is 19.9. The van der Waals surface area contributed by atoms with Crippen molar-refractivity contribution in [1.29, 1.82) is 0 Å². The number of nitrogens with two attached hydrogens (primary N) is 1. The van der Waals surface area contributed by atoms with E-state index in [9.17, 15) is 4.79 Å². The Balaban J connectivity index is 0.00000109. The van der Waals surface area contributed by atoms with E-state index in [1.54, 1.807) is 4.90 Å². The highest BCUT2D eigenvalue weighted by Crippen LogP contribution is 2.29. The van der Waals surface area contributed by atoms with Crippen LogP contribution in [0.15, 0.2) is 24.3 Å². The minimum atomic E-state index is -0.500. The lowest BCUT2D eigenvalue weighted by Gasteiger charge is -2.26. The number of fused-ring (bicyclic) bond motifs is 5. The van der Waals surface area contributed by atoms with Crippen LogP contribution in [0.4, 0.5) is 10.6 Å². The van der Waals surface area contributed by atoms with Crippen molar-refractivity contribution >= 4 is 33.8 Å². The summed E-state index contributed by atoms with van der Waals surface area (Å²) in [6, 6.07) is 7.93. The summed E-state index contributed by atoms with van der Waals surface area (Å²) in [5, 5.41) is 1.03. The third-order valence-corrected chi connectivity index (χ3v) is 4.54. The fraction of sp³-hybridized carbons (Fsp3) is 0.476. The fourth-order valence-electron chi connectivity index (χ4n) is 3.41. The number of benzene rings is 1. The molecule has 0 spiro atoms. The predicted octanol–water partition coefficient (Wildman–Crippen LogP) is 3.99. The van der Waals surface area contributed by atoms with Crippen molar-refractivity contribution in [1.82, 2.24) is 19.4 Å². The average molecular weight is 383 g/mol. The fourth-order valence-corrected chi connectivity index (χ4v) is 3.41. The van der Waals surface area contributed by atoms with Crippen LogP contribution in [0.25, 0.3) is 21.9 Å². The number of imidazole rings is 1. The number of hydrogen-bond acceptors (Lipinski definition) is 5. The van der Waals surface area contributed by atoms with Crippen LogP contribution in [0.5, 0.6) is 0 Å². The van der Waals surface area contributed by atoms with Crippen LogP contribution < -0.4 is 5.73 Å². The van der Waals surface area contributed by atoms with Gasteiger partial charge in [0.1, 0.15) is 16.9 Å². The van der Waals surface area contributed by atoms with E-state index in [1.807, 2.05) is 58.9 Å². The van der Waals surface area contributed by atoms with Crippen molar-refractivity contribution in [2.75, 3.05) is 18.8 Å². The van der Waals surface area contributed by atoms with Gasteiger partial charge < -0.3 is 19.9 Å². The second-order valence-corrected chi connectivity index (χ2v) is 7.61. The number of carbonyl (C=O) groups excluding carboxylic acids is 1. The molecular weight excluding hydrogens is 354 g/mol. The van der Waals surface area contributed by atoms with Gasteiger partial charge in [0.05, 0.1) is 11.0 Å². The number of carbonyl (C=O) groups is 1. The van der Waals surface area contributed by atoms with Gasteiger partial charge in [-0.3, -0.25) is 0 Å². The summed E-state index contributed by atoms with van der Waals surface area (Å²) in [6.45, 7) is 11.4. The predicted molar refractivity (Wildman–Crippen MR) is 112 cm³/mol. The van der Waals surface area contributed by atoms with Crippen LogP contribution in [-0.2, 0) is 17.7 Å². The Hall–Kier alpha value is -2.83. The lowest BCUT2D eigenvalue weighted by atomic mass is 10.2. The molecule has 0 radical (unpaired) electrons. The summed E-state index contributed by atoms with van der Waals surface area (Å²) in [4.78, 5) is 23.4. The van der Waals surface area contributed by atoms with Crippen LogP contribution >= 0.6 is 0 Å². The summed E-state index contributed by atoms with van der Waals surface area (Å²) in [7, 11) is 0. The third-order valence-electron chi connectivity index (χ3n) is 4.54. The zero-order valence-corrected chi connectivity index (χ0v) is 17.3. The Bertz CT molecular complexity index is 1000. The van der Waals surface area contributed by atoms with Gasteiger partial charge in [-0.15, -0.1) is 0 Å². The molecule has 1 aliphatic heterocycles. The molecule has 0 bridgehead atoms. The van der Waals surface area contributed by atoms with Gasteiger partial charge in [0, 0.05) is 31.4 Å². The molecule has 1 amide bonds. The maximum atomic E-state index is 12.4. The Morgan fingerprint density at radius 3 is 2.54 bits per heavy atom. The van der Waals surface area contributed by atoms with E-state index in [0.29, 0.717) is 31.9 Å². The summed E-state index contributed by atoms with van der Waals surface area (Å²) >= 11 is 0. The van der Waals surface area contributed by atoms with Crippen molar-refractivity contribution in [2.24, 2.45) is 0 Å². The highest BCUT2D eigenvalue weighted by Gasteiger charge is 2.26. The van der Waals surface area contributed by atoms with E-state index in [0.717, 1.165) is 27.8 Å². The quantitative estimate of drug-likeness (QED) is 0.634. The number of nitrogen functional groups attached to an aromatic ring is 1. The molecule has 7 heteroatoms. The van der Waals surface area contributed by atoms with Crippen molar-refractivity contribution in [2.45, 2.75) is 53.2 Å². The molecule has 3 heterocycles. The average Bonchev–Trinajstić information content (AvgIpc) is 2.89. The molecule has 0 aliphatic carbocycles. The molecule has 2 aromatic heterocycles. The number of pyridine rings is 1. The zero-order chi connectivity index (χ0) is 20.5. The first-order valence-electron chi connectivity index (χ1n) is 9.85. The Morgan fingerprint density at radius 1 is 1.11 bits per heavy atom. The van der Waals surface area contributed by atoms with Crippen molar-refractivity contribution in [3.05, 3.63) is 30.1 Å². The van der Waals surface area contributed by atoms with E-state index in [-0.39, 0.29) is 6.09 Å². The van der Waals surface area contributed by atoms with Crippen molar-refractivity contribution in [3.8, 4) is 0 Å². The minimum absolute atomic E-state index is 0.279. The smallest absolute Gasteiger partial charge is 0.410 e. The number of ether oxygens (including phenoxy) is 1. The van der Waals surface area contributed by atoms with Crippen LogP contribution in [0.3, 0.4) is 0 Å². The molecule has 3 aromatic rings. The summed E-state index contributed by atoms with van der Waals surface area (Å²) in [5.41, 5.74) is 8.24. The number of nitrogens with zero attached hydrogens (tertiary/aromatic N) is 4. The Labute approximate surface area is 165 Å². The van der Waals surface area contributed by atoms with Gasteiger partial charge in [-0.05, 0) is 26.8 Å². The monoisotopic (exact) mass is 383 g/mol. The van der Waals surface area contributed by atoms with Crippen LogP contribution in [0, 0.1) is 0 Å². The first-order chi connectivity index (χ1) is 13.3. The van der Waals surface area contributed by atoms with E-state index in [1.165, 1.54) is 0 Å². The van der Waals surface area contributed by atoms with E-state index >= 15 is 0 Å². The number of hydrogen-bond donors (Lipinski definition) is 1. The zero-order valence-electron chi connectivity index (χ0n) is 17.3. The summed E-state index contributed by atoms with van der Waals surface area (Å²) < 4.78 is 7.68. The van der Waals surface area contributed by atoms with Gasteiger partial charge in [-0.25, -0.2) is 14.8 Å². The minimum Gasteiger partial charge on any atom is -0.444 e. The van der Waals surface area contributed by atoms with Crippen LogP contribution in [0.1, 0.15) is 40.4 Å². The normalized spacial score (nSPS) is 14.2. The number of rotatable bonds is 0. The second kappa shape index (κ2) is 7.66. The maximum Gasteiger partial charge on any atom is 0.410 e. The SMILES string of the molecule is CC.CC(C)(C)OC(=O)N1CCc2nc3c(N)nc4ccccc4c3n2CC1. The van der Waals surface area contributed by atoms with E-state index in [4.69, 9.17) is 15.5 Å². The van der Waals surface area contributed by atoms with Crippen LogP contribution in [0.2, 0.25) is 0 Å². The molecule has 7 nitrogen and oxygen atoms in total. The van der Waals surface area contributed by atoms with Gasteiger partial charge in [0.15, 0.2) is 5.82 Å². The number of anilines is 1. The highest BCUT2D eigenvalue weighted by atomic mass is 16.6. The molecule has 0 atom stereocenters. The third kappa shape index (κ3) is 3.74. The van der Waals surface area contributed by atoms with Gasteiger partial charge in [-0.2, -0.15) is 0 Å². The molecule has 0 unspecified atom stereocenters. The van der Waals surface area contributed by atoms with Crippen LogP contribution in [-0.4, -0.2) is 44.2 Å². The molecule has 0 saturated heterocycles. The summed E-state index contributed by atoms with van der Waals surface area (Å²) in [5.74, 6) is 1.37. The molecular formula is C21H29N5O2. The number of para-hydroxylation sites is 1. The van der Waals surface area contributed by atoms with E-state index in [2.05, 4.69) is 9.55 Å². The molecule has 0 saturated carbocycles. The van der Waals surface area contributed by atoms with Gasteiger partial charge in [0.25, 0.3) is 0 Å². The second-order valence-electron chi connectivity index (χ2n) is 7.61. The van der Waals surface area contributed by atoms with Gasteiger partial charge in [0.2, 0.25) is 0 Å². The first-order valence-corrected chi connectivity index (χ1v) is 9.85. The molecule has 150 valence electrons. The molecule has 2 N–H and O–H groups in total. The number of aromatic nitrogens is 3. The number of amides is 1. The lowest BCUT2D eigenvalue weighted by molar-refractivity contribution is 0.0254. The summed E-state index contributed by atoms with van der Waals surface area (Å²) in [6.07, 6.45) is 0.375. The van der Waals surface area contributed by atoms with Crippen molar-refractivity contribution in [3.63, 3.8) is 0 Å². The standard InChI is InChI=1S/C19H23N5O2.C2H6/c1-19(2,3)26-18(25)23-9-8-14-22-15-16(24(14)11-10-23)12-6-4-5-7-13(12)21-17(15)20;1-2/h4-7H,8-11H2,1-3H3,(H2,20,21);1-2H3. The van der Waals surface area contributed by atoms with Gasteiger partial charge >= 0.3 is 6.09 Å². The van der Waals surface area contributed by atoms with E-state index < -0.39 is 5.60 Å². The van der Waals surface area contributed by atoms with Crippen molar-refractivity contribution < 1.29 is 9.53 Å².